The largest absolute Gasteiger partial charge is 0.476 e. The topological polar surface area (TPSA) is 140 Å². The highest BCUT2D eigenvalue weighted by molar-refractivity contribution is 7.89. The monoisotopic (exact) mass is 492 g/mol. The van der Waals surface area contributed by atoms with Gasteiger partial charge < -0.3 is 15.2 Å². The molecule has 0 atom stereocenters. The zero-order valence-electron chi connectivity index (χ0n) is 20.1. The first kappa shape index (κ1) is 25.7. The summed E-state index contributed by atoms with van der Waals surface area (Å²) >= 11 is 0. The number of aromatic carboxylic acids is 1. The minimum Gasteiger partial charge on any atom is -0.476 e. The Morgan fingerprint density at radius 3 is 2.44 bits per heavy atom. The lowest BCUT2D eigenvalue weighted by Crippen LogP contribution is -2.40. The van der Waals surface area contributed by atoms with E-state index in [4.69, 9.17) is 4.74 Å². The molecular formula is C23H32N4O6S. The Kier molecular flexibility index (Phi) is 7.37. The van der Waals surface area contributed by atoms with Gasteiger partial charge in [0, 0.05) is 29.3 Å². The normalized spacial score (nSPS) is 14.9. The average Bonchev–Trinajstić information content (AvgIpc) is 3.36. The number of amides is 1. The standard InChI is InChI=1S/C23H32N4O6S/c1-6-27-21(14(2)19(25-27)22(29)30)33-17-12-11-16(24-20(28)15-9-7-8-10-15)13-18(17)34(31,32)26-23(3,4)5/h11-13,15,26H,6-10H2,1-5H3,(H,24,28)(H,29,30). The summed E-state index contributed by atoms with van der Waals surface area (Å²) in [5.74, 6) is -1.30. The van der Waals surface area contributed by atoms with Crippen LogP contribution in [0.25, 0.3) is 0 Å². The van der Waals surface area contributed by atoms with E-state index in [0.29, 0.717) is 12.2 Å². The minimum atomic E-state index is -4.06. The molecule has 1 aromatic heterocycles. The highest BCUT2D eigenvalue weighted by Gasteiger charge is 2.29. The van der Waals surface area contributed by atoms with E-state index < -0.39 is 21.5 Å². The summed E-state index contributed by atoms with van der Waals surface area (Å²) in [5, 5.41) is 16.3. The van der Waals surface area contributed by atoms with E-state index in [2.05, 4.69) is 15.1 Å². The molecule has 3 rings (SSSR count). The molecule has 1 aliphatic carbocycles. The number of hydrogen-bond acceptors (Lipinski definition) is 6. The van der Waals surface area contributed by atoms with Gasteiger partial charge >= 0.3 is 5.97 Å². The number of aryl methyl sites for hydroxylation is 1. The first-order valence-corrected chi connectivity index (χ1v) is 12.8. The molecule has 3 N–H and O–H groups in total. The van der Waals surface area contributed by atoms with Gasteiger partial charge in [-0.25, -0.2) is 22.6 Å². The summed E-state index contributed by atoms with van der Waals surface area (Å²) in [7, 11) is -4.06. The van der Waals surface area contributed by atoms with Crippen molar-refractivity contribution in [3.63, 3.8) is 0 Å². The zero-order valence-corrected chi connectivity index (χ0v) is 21.0. The van der Waals surface area contributed by atoms with Crippen molar-refractivity contribution in [1.82, 2.24) is 14.5 Å². The molecule has 1 aliphatic rings. The first-order valence-electron chi connectivity index (χ1n) is 11.3. The Labute approximate surface area is 199 Å². The number of benzene rings is 1. The molecule has 186 valence electrons. The van der Waals surface area contributed by atoms with Crippen LogP contribution in [-0.4, -0.2) is 40.7 Å². The van der Waals surface area contributed by atoms with Crippen molar-refractivity contribution < 1.29 is 27.9 Å². The summed E-state index contributed by atoms with van der Waals surface area (Å²) in [6.07, 6.45) is 3.64. The van der Waals surface area contributed by atoms with Crippen molar-refractivity contribution in [2.75, 3.05) is 5.32 Å². The molecule has 2 aromatic rings. The molecule has 0 unspecified atom stereocenters. The lowest BCUT2D eigenvalue weighted by Gasteiger charge is -2.22. The fourth-order valence-corrected chi connectivity index (χ4v) is 5.53. The fourth-order valence-electron chi connectivity index (χ4n) is 3.96. The molecule has 0 spiro atoms. The number of carbonyl (C=O) groups is 2. The SMILES string of the molecule is CCn1nc(C(=O)O)c(C)c1Oc1ccc(NC(=O)C2CCCC2)cc1S(=O)(=O)NC(C)(C)C. The Morgan fingerprint density at radius 1 is 1.24 bits per heavy atom. The molecule has 1 amide bonds. The van der Waals surface area contributed by atoms with Crippen LogP contribution in [0.4, 0.5) is 5.69 Å². The number of aromatic nitrogens is 2. The molecule has 1 saturated carbocycles. The van der Waals surface area contributed by atoms with Crippen LogP contribution in [0.3, 0.4) is 0 Å². The maximum Gasteiger partial charge on any atom is 0.356 e. The Morgan fingerprint density at radius 2 is 1.88 bits per heavy atom. The number of rotatable bonds is 8. The smallest absolute Gasteiger partial charge is 0.356 e. The second kappa shape index (κ2) is 9.75. The highest BCUT2D eigenvalue weighted by Crippen LogP contribution is 2.35. The molecule has 0 bridgehead atoms. The Bertz CT molecular complexity index is 1190. The minimum absolute atomic E-state index is 0.00902. The van der Waals surface area contributed by atoms with Gasteiger partial charge in [0.1, 0.15) is 10.6 Å². The molecule has 11 heteroatoms. The lowest BCUT2D eigenvalue weighted by molar-refractivity contribution is -0.119. The van der Waals surface area contributed by atoms with E-state index in [9.17, 15) is 23.1 Å². The maximum absolute atomic E-state index is 13.3. The van der Waals surface area contributed by atoms with Gasteiger partial charge in [-0.05, 0) is 65.7 Å². The molecule has 0 radical (unpaired) electrons. The summed E-state index contributed by atoms with van der Waals surface area (Å²) < 4.78 is 36.5. The predicted molar refractivity (Wildman–Crippen MR) is 127 cm³/mol. The van der Waals surface area contributed by atoms with E-state index in [-0.39, 0.29) is 39.6 Å². The van der Waals surface area contributed by atoms with Crippen molar-refractivity contribution in [2.45, 2.75) is 77.3 Å². The van der Waals surface area contributed by atoms with Crippen LogP contribution in [0.15, 0.2) is 23.1 Å². The molecule has 10 nitrogen and oxygen atoms in total. The van der Waals surface area contributed by atoms with Crippen LogP contribution in [0.5, 0.6) is 11.6 Å². The number of anilines is 1. The summed E-state index contributed by atoms with van der Waals surface area (Å²) in [5.41, 5.74) is -0.323. The van der Waals surface area contributed by atoms with Crippen LogP contribution in [-0.2, 0) is 21.4 Å². The van der Waals surface area contributed by atoms with E-state index in [0.717, 1.165) is 25.7 Å². The summed E-state index contributed by atoms with van der Waals surface area (Å²) in [4.78, 5) is 23.9. The van der Waals surface area contributed by atoms with E-state index >= 15 is 0 Å². The van der Waals surface area contributed by atoms with Crippen molar-refractivity contribution in [2.24, 2.45) is 5.92 Å². The Balaban J connectivity index is 2.04. The van der Waals surface area contributed by atoms with Gasteiger partial charge in [-0.3, -0.25) is 4.79 Å². The van der Waals surface area contributed by atoms with Gasteiger partial charge in [-0.2, -0.15) is 5.10 Å². The highest BCUT2D eigenvalue weighted by atomic mass is 32.2. The number of nitrogens with zero attached hydrogens (tertiary/aromatic N) is 2. The van der Waals surface area contributed by atoms with Gasteiger partial charge in [-0.1, -0.05) is 12.8 Å². The van der Waals surface area contributed by atoms with Gasteiger partial charge in [-0.15, -0.1) is 0 Å². The van der Waals surface area contributed by atoms with Crippen molar-refractivity contribution >= 4 is 27.6 Å². The molecule has 1 aromatic carbocycles. The molecule has 1 fully saturated rings. The molecular weight excluding hydrogens is 460 g/mol. The lowest BCUT2D eigenvalue weighted by atomic mass is 10.1. The summed E-state index contributed by atoms with van der Waals surface area (Å²) in [6, 6.07) is 4.38. The first-order chi connectivity index (χ1) is 15.8. The quantitative estimate of drug-likeness (QED) is 0.507. The molecule has 1 heterocycles. The van der Waals surface area contributed by atoms with Gasteiger partial charge in [0.15, 0.2) is 5.69 Å². The van der Waals surface area contributed by atoms with Gasteiger partial charge in [0.05, 0.1) is 0 Å². The second-order valence-electron chi connectivity index (χ2n) is 9.49. The van der Waals surface area contributed by atoms with Crippen LogP contribution in [0.1, 0.15) is 69.4 Å². The van der Waals surface area contributed by atoms with Crippen LogP contribution >= 0.6 is 0 Å². The van der Waals surface area contributed by atoms with Crippen LogP contribution in [0, 0.1) is 12.8 Å². The van der Waals surface area contributed by atoms with Crippen molar-refractivity contribution in [3.8, 4) is 11.6 Å². The van der Waals surface area contributed by atoms with E-state index in [1.165, 1.54) is 16.8 Å². The molecule has 34 heavy (non-hydrogen) atoms. The summed E-state index contributed by atoms with van der Waals surface area (Å²) in [6.45, 7) is 8.78. The Hall–Kier alpha value is -2.92. The number of carboxylic acids is 1. The second-order valence-corrected chi connectivity index (χ2v) is 11.1. The number of carbonyl (C=O) groups excluding carboxylic acids is 1. The molecule has 0 saturated heterocycles. The maximum atomic E-state index is 13.3. The number of nitrogens with one attached hydrogen (secondary N) is 2. The predicted octanol–water partition coefficient (Wildman–Crippen LogP) is 3.91. The van der Waals surface area contributed by atoms with Gasteiger partial charge in [0.25, 0.3) is 0 Å². The number of sulfonamides is 1. The zero-order chi connectivity index (χ0) is 25.3. The van der Waals surface area contributed by atoms with Crippen LogP contribution in [0.2, 0.25) is 0 Å². The number of hydrogen-bond donors (Lipinski definition) is 3. The van der Waals surface area contributed by atoms with Crippen molar-refractivity contribution in [1.29, 1.82) is 0 Å². The van der Waals surface area contributed by atoms with Crippen molar-refractivity contribution in [3.05, 3.63) is 29.5 Å². The number of carboxylic acid groups (broad SMARTS) is 1. The van der Waals surface area contributed by atoms with E-state index in [1.54, 1.807) is 40.7 Å². The third-order valence-electron chi connectivity index (χ3n) is 5.51. The number of ether oxygens (including phenoxy) is 1. The fraction of sp³-hybridized carbons (Fsp3) is 0.522. The average molecular weight is 493 g/mol. The molecule has 0 aliphatic heterocycles. The third-order valence-corrected chi connectivity index (χ3v) is 7.29. The third kappa shape index (κ3) is 5.76. The van der Waals surface area contributed by atoms with Crippen LogP contribution < -0.4 is 14.8 Å². The van der Waals surface area contributed by atoms with Gasteiger partial charge in [0.2, 0.25) is 21.8 Å². The van der Waals surface area contributed by atoms with E-state index in [1.807, 2.05) is 0 Å².